The number of hydrazine groups is 1. The van der Waals surface area contributed by atoms with E-state index >= 15 is 0 Å². The normalized spacial score (nSPS) is 12.0. The Morgan fingerprint density at radius 2 is 2.05 bits per heavy atom. The van der Waals surface area contributed by atoms with E-state index in [0.717, 1.165) is 11.1 Å². The number of ether oxygens (including phenoxy) is 2. The Morgan fingerprint density at radius 3 is 2.60 bits per heavy atom. The molecule has 0 spiro atoms. The number of benzene rings is 1. The van der Waals surface area contributed by atoms with E-state index in [0.29, 0.717) is 16.5 Å². The van der Waals surface area contributed by atoms with Crippen molar-refractivity contribution in [3.8, 4) is 11.5 Å². The molecule has 0 saturated heterocycles. The molecule has 1 atom stereocenters. The van der Waals surface area contributed by atoms with E-state index in [1.54, 1.807) is 32.7 Å². The highest BCUT2D eigenvalue weighted by Crippen LogP contribution is 2.38. The summed E-state index contributed by atoms with van der Waals surface area (Å²) in [5, 5.41) is 0.464. The molecule has 1 aromatic heterocycles. The smallest absolute Gasteiger partial charge is 0.179 e. The largest absolute Gasteiger partial charge is 0.493 e. The summed E-state index contributed by atoms with van der Waals surface area (Å²) in [6.07, 6.45) is 3.45. The highest BCUT2D eigenvalue weighted by atomic mass is 35.5. The topological polar surface area (TPSA) is 69.4 Å². The van der Waals surface area contributed by atoms with E-state index in [1.807, 2.05) is 18.2 Å². The van der Waals surface area contributed by atoms with Crippen LogP contribution in [0.5, 0.6) is 11.5 Å². The predicted octanol–water partition coefficient (Wildman–Crippen LogP) is 2.30. The van der Waals surface area contributed by atoms with Crippen LogP contribution in [-0.2, 0) is 0 Å². The zero-order valence-electron chi connectivity index (χ0n) is 11.3. The first kappa shape index (κ1) is 14.6. The summed E-state index contributed by atoms with van der Waals surface area (Å²) in [6, 6.07) is 7.17. The predicted molar refractivity (Wildman–Crippen MR) is 78.0 cm³/mol. The fourth-order valence-corrected chi connectivity index (χ4v) is 2.33. The molecule has 1 unspecified atom stereocenters. The minimum atomic E-state index is -0.235. The molecule has 0 bridgehead atoms. The zero-order valence-corrected chi connectivity index (χ0v) is 12.0. The van der Waals surface area contributed by atoms with E-state index in [-0.39, 0.29) is 6.04 Å². The van der Waals surface area contributed by atoms with Crippen LogP contribution in [0.4, 0.5) is 0 Å². The van der Waals surface area contributed by atoms with E-state index in [1.165, 1.54) is 0 Å². The van der Waals surface area contributed by atoms with Gasteiger partial charge in [0.25, 0.3) is 0 Å². The number of nitrogens with one attached hydrogen (secondary N) is 1. The molecule has 1 heterocycles. The average molecular weight is 294 g/mol. The third-order valence-electron chi connectivity index (χ3n) is 2.97. The van der Waals surface area contributed by atoms with Gasteiger partial charge in [-0.2, -0.15) is 0 Å². The van der Waals surface area contributed by atoms with E-state index in [2.05, 4.69) is 10.4 Å². The summed E-state index contributed by atoms with van der Waals surface area (Å²) < 4.78 is 10.5. The number of aromatic nitrogens is 1. The van der Waals surface area contributed by atoms with Crippen molar-refractivity contribution >= 4 is 11.6 Å². The number of rotatable bonds is 5. The molecule has 0 amide bonds. The van der Waals surface area contributed by atoms with Gasteiger partial charge >= 0.3 is 0 Å². The van der Waals surface area contributed by atoms with E-state index in [9.17, 15) is 0 Å². The maximum atomic E-state index is 6.21. The molecule has 0 aliphatic rings. The van der Waals surface area contributed by atoms with Gasteiger partial charge in [0, 0.05) is 12.4 Å². The molecule has 0 radical (unpaired) electrons. The lowest BCUT2D eigenvalue weighted by atomic mass is 10.0. The van der Waals surface area contributed by atoms with Gasteiger partial charge in [0.05, 0.1) is 25.3 Å². The van der Waals surface area contributed by atoms with Gasteiger partial charge in [0.15, 0.2) is 11.5 Å². The van der Waals surface area contributed by atoms with Crippen molar-refractivity contribution < 1.29 is 9.47 Å². The van der Waals surface area contributed by atoms with Crippen molar-refractivity contribution in [3.63, 3.8) is 0 Å². The van der Waals surface area contributed by atoms with Crippen LogP contribution in [0.25, 0.3) is 0 Å². The van der Waals surface area contributed by atoms with Crippen LogP contribution >= 0.6 is 11.6 Å². The van der Waals surface area contributed by atoms with Crippen LogP contribution in [-0.4, -0.2) is 19.2 Å². The Bertz CT molecular complexity index is 578. The van der Waals surface area contributed by atoms with Crippen LogP contribution in [0.2, 0.25) is 5.02 Å². The SMILES string of the molecule is COc1cc(C(NN)c2cccnc2)cc(Cl)c1OC. The number of nitrogens with two attached hydrogens (primary N) is 1. The molecule has 0 saturated carbocycles. The van der Waals surface area contributed by atoms with Gasteiger partial charge in [-0.1, -0.05) is 17.7 Å². The first-order chi connectivity index (χ1) is 9.71. The standard InChI is InChI=1S/C14H16ClN3O2/c1-19-12-7-10(6-11(15)14(12)20-2)13(18-16)9-4-3-5-17-8-9/h3-8,13,18H,16H2,1-2H3. The van der Waals surface area contributed by atoms with Gasteiger partial charge in [-0.15, -0.1) is 0 Å². The van der Waals surface area contributed by atoms with Crippen molar-refractivity contribution in [2.75, 3.05) is 14.2 Å². The van der Waals surface area contributed by atoms with Crippen LogP contribution in [0, 0.1) is 0 Å². The van der Waals surface area contributed by atoms with Gasteiger partial charge in [-0.25, -0.2) is 5.43 Å². The lowest BCUT2D eigenvalue weighted by Gasteiger charge is -2.19. The lowest BCUT2D eigenvalue weighted by molar-refractivity contribution is 0.354. The molecule has 0 fully saturated rings. The minimum absolute atomic E-state index is 0.235. The van der Waals surface area contributed by atoms with Gasteiger partial charge < -0.3 is 9.47 Å². The third-order valence-corrected chi connectivity index (χ3v) is 3.25. The molecule has 0 aliphatic carbocycles. The molecule has 2 rings (SSSR count). The van der Waals surface area contributed by atoms with Crippen molar-refractivity contribution in [1.82, 2.24) is 10.4 Å². The highest BCUT2D eigenvalue weighted by Gasteiger charge is 2.18. The highest BCUT2D eigenvalue weighted by molar-refractivity contribution is 6.32. The number of pyridine rings is 1. The van der Waals surface area contributed by atoms with Gasteiger partial charge in [-0.3, -0.25) is 10.8 Å². The zero-order chi connectivity index (χ0) is 14.5. The van der Waals surface area contributed by atoms with Crippen molar-refractivity contribution in [2.24, 2.45) is 5.84 Å². The van der Waals surface area contributed by atoms with Gasteiger partial charge in [-0.05, 0) is 29.3 Å². The third kappa shape index (κ3) is 2.85. The maximum absolute atomic E-state index is 6.21. The second-order valence-corrected chi connectivity index (χ2v) is 4.53. The van der Waals surface area contributed by atoms with E-state index < -0.39 is 0 Å². The van der Waals surface area contributed by atoms with Crippen molar-refractivity contribution in [1.29, 1.82) is 0 Å². The summed E-state index contributed by atoms with van der Waals surface area (Å²) in [4.78, 5) is 4.09. The number of hydrogen-bond donors (Lipinski definition) is 2. The molecule has 6 heteroatoms. The van der Waals surface area contributed by atoms with Crippen molar-refractivity contribution in [3.05, 3.63) is 52.8 Å². The van der Waals surface area contributed by atoms with Gasteiger partial charge in [0.1, 0.15) is 0 Å². The second kappa shape index (κ2) is 6.56. The summed E-state index contributed by atoms with van der Waals surface area (Å²) in [5.74, 6) is 6.71. The maximum Gasteiger partial charge on any atom is 0.179 e. The second-order valence-electron chi connectivity index (χ2n) is 4.12. The Kier molecular flexibility index (Phi) is 4.79. The lowest BCUT2D eigenvalue weighted by Crippen LogP contribution is -2.29. The molecular weight excluding hydrogens is 278 g/mol. The monoisotopic (exact) mass is 293 g/mol. The fourth-order valence-electron chi connectivity index (χ4n) is 2.04. The average Bonchev–Trinajstić information content (AvgIpc) is 2.48. The molecule has 5 nitrogen and oxygen atoms in total. The Balaban J connectivity index is 2.48. The molecule has 2 aromatic rings. The molecule has 3 N–H and O–H groups in total. The number of methoxy groups -OCH3 is 2. The van der Waals surface area contributed by atoms with Crippen LogP contribution in [0.3, 0.4) is 0 Å². The molecule has 1 aromatic carbocycles. The van der Waals surface area contributed by atoms with Crippen molar-refractivity contribution in [2.45, 2.75) is 6.04 Å². The molecule has 20 heavy (non-hydrogen) atoms. The summed E-state index contributed by atoms with van der Waals surface area (Å²) >= 11 is 6.21. The minimum Gasteiger partial charge on any atom is -0.493 e. The van der Waals surface area contributed by atoms with E-state index in [4.69, 9.17) is 26.9 Å². The molecule has 106 valence electrons. The van der Waals surface area contributed by atoms with Crippen LogP contribution in [0.15, 0.2) is 36.7 Å². The van der Waals surface area contributed by atoms with Crippen LogP contribution < -0.4 is 20.7 Å². The first-order valence-corrected chi connectivity index (χ1v) is 6.36. The summed E-state index contributed by atoms with van der Waals surface area (Å²) in [7, 11) is 3.11. The summed E-state index contributed by atoms with van der Waals surface area (Å²) in [6.45, 7) is 0. The first-order valence-electron chi connectivity index (χ1n) is 5.98. The Labute approximate surface area is 122 Å². The summed E-state index contributed by atoms with van der Waals surface area (Å²) in [5.41, 5.74) is 4.55. The Morgan fingerprint density at radius 1 is 1.25 bits per heavy atom. The number of nitrogens with zero attached hydrogens (tertiary/aromatic N) is 1. The number of halogens is 1. The Hall–Kier alpha value is -1.82. The fraction of sp³-hybridized carbons (Fsp3) is 0.214. The number of hydrogen-bond acceptors (Lipinski definition) is 5. The van der Waals surface area contributed by atoms with Crippen LogP contribution in [0.1, 0.15) is 17.2 Å². The molecular formula is C14H16ClN3O2. The quantitative estimate of drug-likeness (QED) is 0.654. The molecule has 0 aliphatic heterocycles. The van der Waals surface area contributed by atoms with Gasteiger partial charge in [0.2, 0.25) is 0 Å².